The summed E-state index contributed by atoms with van der Waals surface area (Å²) >= 11 is 0. The van der Waals surface area contributed by atoms with Gasteiger partial charge in [0.05, 0.1) is 33.0 Å². The number of aliphatic hydroxyl groups excluding tert-OH is 2. The van der Waals surface area contributed by atoms with Crippen molar-refractivity contribution in [3.8, 4) is 11.5 Å². The largest absolute Gasteiger partial charge is 0.486 e. The monoisotopic (exact) mass is 758 g/mol. The molecule has 8 rings (SSSR count). The van der Waals surface area contributed by atoms with E-state index in [9.17, 15) is 10.2 Å². The number of rotatable bonds is 16. The minimum atomic E-state index is -1.66. The van der Waals surface area contributed by atoms with Gasteiger partial charge in [0.1, 0.15) is 37.1 Å². The molecule has 0 bridgehead atoms. The maximum Gasteiger partial charge on any atom is 0.225 e. The number of hydrogen-bond donors (Lipinski definition) is 2. The van der Waals surface area contributed by atoms with Crippen LogP contribution in [0.2, 0.25) is 0 Å². The molecule has 4 atom stereocenters. The van der Waals surface area contributed by atoms with E-state index >= 15 is 0 Å². The molecule has 2 N–H and O–H groups in total. The maximum absolute atomic E-state index is 11.3. The third-order valence-corrected chi connectivity index (χ3v) is 11.1. The average molecular weight is 759 g/mol. The second-order valence-corrected chi connectivity index (χ2v) is 14.9. The second-order valence-electron chi connectivity index (χ2n) is 14.9. The SMILES string of the molecule is COC1(c2ccc(C3CC3)c(Cc3ccc4c(c3)OCCO4)c2)OC(CO)(CO)[C@@H](OCc2ccccc2)[C@H](OCc2ccccc2)[C@H]1OCc1ccccc1. The molecule has 1 saturated carbocycles. The minimum Gasteiger partial charge on any atom is -0.486 e. The summed E-state index contributed by atoms with van der Waals surface area (Å²) in [4.78, 5) is 0. The summed E-state index contributed by atoms with van der Waals surface area (Å²) in [6.07, 6.45) is 0.0746. The zero-order valence-corrected chi connectivity index (χ0v) is 31.8. The van der Waals surface area contributed by atoms with Crippen LogP contribution in [-0.4, -0.2) is 67.7 Å². The van der Waals surface area contributed by atoms with Crippen LogP contribution in [-0.2, 0) is 55.7 Å². The van der Waals surface area contributed by atoms with Crippen molar-refractivity contribution in [1.29, 1.82) is 0 Å². The third kappa shape index (κ3) is 8.12. The molecular formula is C47H50O9. The zero-order valence-electron chi connectivity index (χ0n) is 31.8. The van der Waals surface area contributed by atoms with Crippen molar-refractivity contribution in [1.82, 2.24) is 0 Å². The Hall–Kier alpha value is -4.58. The molecule has 1 unspecified atom stereocenters. The van der Waals surface area contributed by atoms with Gasteiger partial charge in [-0.25, -0.2) is 0 Å². The summed E-state index contributed by atoms with van der Waals surface area (Å²) in [5.74, 6) is 0.293. The average Bonchev–Trinajstić information content (AvgIpc) is 4.11. The Bertz CT molecular complexity index is 2020. The van der Waals surface area contributed by atoms with E-state index in [0.717, 1.165) is 52.2 Å². The highest BCUT2D eigenvalue weighted by Gasteiger charge is 2.64. The fraction of sp³-hybridized carbons (Fsp3) is 0.362. The Morgan fingerprint density at radius 1 is 0.607 bits per heavy atom. The third-order valence-electron chi connectivity index (χ3n) is 11.1. The van der Waals surface area contributed by atoms with E-state index in [4.69, 9.17) is 33.2 Å². The van der Waals surface area contributed by atoms with E-state index in [1.54, 1.807) is 7.11 Å². The highest BCUT2D eigenvalue weighted by Crippen LogP contribution is 2.49. The van der Waals surface area contributed by atoms with Crippen LogP contribution >= 0.6 is 0 Å². The van der Waals surface area contributed by atoms with E-state index in [1.807, 2.05) is 103 Å². The normalized spacial score (nSPS) is 22.8. The van der Waals surface area contributed by atoms with Crippen LogP contribution in [0.5, 0.6) is 11.5 Å². The van der Waals surface area contributed by atoms with Gasteiger partial charge in [-0.2, -0.15) is 0 Å². The highest BCUT2D eigenvalue weighted by atomic mass is 16.7. The van der Waals surface area contributed by atoms with E-state index in [0.29, 0.717) is 31.1 Å². The molecule has 0 aromatic heterocycles. The van der Waals surface area contributed by atoms with Crippen molar-refractivity contribution >= 4 is 0 Å². The summed E-state index contributed by atoms with van der Waals surface area (Å²) in [6.45, 7) is 0.506. The fourth-order valence-corrected chi connectivity index (χ4v) is 7.98. The molecule has 0 radical (unpaired) electrons. The van der Waals surface area contributed by atoms with Crippen molar-refractivity contribution in [3.05, 3.63) is 166 Å². The van der Waals surface area contributed by atoms with Crippen LogP contribution in [0, 0.1) is 0 Å². The Labute approximate surface area is 328 Å². The molecule has 9 heteroatoms. The smallest absolute Gasteiger partial charge is 0.225 e. The van der Waals surface area contributed by atoms with Gasteiger partial charge in [0, 0.05) is 12.7 Å². The lowest BCUT2D eigenvalue weighted by Gasteiger charge is -2.56. The first-order valence-electron chi connectivity index (χ1n) is 19.5. The highest BCUT2D eigenvalue weighted by molar-refractivity contribution is 5.47. The van der Waals surface area contributed by atoms with Gasteiger partial charge in [-0.1, -0.05) is 109 Å². The molecule has 3 aliphatic rings. The van der Waals surface area contributed by atoms with Crippen molar-refractivity contribution in [3.63, 3.8) is 0 Å². The van der Waals surface area contributed by atoms with Gasteiger partial charge in [0.15, 0.2) is 11.5 Å². The molecule has 5 aromatic carbocycles. The number of aliphatic hydroxyl groups is 2. The van der Waals surface area contributed by atoms with Crippen LogP contribution in [0.1, 0.15) is 57.7 Å². The molecule has 2 heterocycles. The van der Waals surface area contributed by atoms with E-state index in [1.165, 1.54) is 5.56 Å². The minimum absolute atomic E-state index is 0.183. The first kappa shape index (κ1) is 38.3. The molecule has 9 nitrogen and oxygen atoms in total. The topological polar surface area (TPSA) is 105 Å². The van der Waals surface area contributed by atoms with Crippen LogP contribution in [0.15, 0.2) is 127 Å². The molecule has 1 aliphatic carbocycles. The molecule has 5 aromatic rings. The summed E-state index contributed by atoms with van der Waals surface area (Å²) in [6, 6.07) is 42.0. The van der Waals surface area contributed by atoms with Gasteiger partial charge < -0.3 is 43.4 Å². The fourth-order valence-electron chi connectivity index (χ4n) is 7.98. The first-order chi connectivity index (χ1) is 27.5. The van der Waals surface area contributed by atoms with E-state index in [-0.39, 0.29) is 19.8 Å². The molecule has 56 heavy (non-hydrogen) atoms. The number of hydrogen-bond acceptors (Lipinski definition) is 9. The van der Waals surface area contributed by atoms with Crippen LogP contribution < -0.4 is 9.47 Å². The lowest BCUT2D eigenvalue weighted by Crippen LogP contribution is -2.72. The predicted octanol–water partition coefficient (Wildman–Crippen LogP) is 7.24. The quantitative estimate of drug-likeness (QED) is 0.108. The number of fused-ring (bicyclic) bond motifs is 1. The van der Waals surface area contributed by atoms with E-state index in [2.05, 4.69) is 24.3 Å². The molecule has 292 valence electrons. The Morgan fingerprint density at radius 3 is 1.75 bits per heavy atom. The summed E-state index contributed by atoms with van der Waals surface area (Å²) < 4.78 is 46.0. The van der Waals surface area contributed by atoms with E-state index < -0.39 is 42.9 Å². The van der Waals surface area contributed by atoms with Gasteiger partial charge in [-0.3, -0.25) is 0 Å². The van der Waals surface area contributed by atoms with Crippen molar-refractivity contribution in [2.45, 2.75) is 74.7 Å². The van der Waals surface area contributed by atoms with Crippen molar-refractivity contribution in [2.75, 3.05) is 33.5 Å². The van der Waals surface area contributed by atoms with Crippen LogP contribution in [0.3, 0.4) is 0 Å². The predicted molar refractivity (Wildman–Crippen MR) is 210 cm³/mol. The Kier molecular flexibility index (Phi) is 11.8. The molecule has 0 spiro atoms. The molecule has 2 fully saturated rings. The lowest BCUT2D eigenvalue weighted by molar-refractivity contribution is -0.417. The lowest BCUT2D eigenvalue weighted by atomic mass is 9.80. The molecule has 0 amide bonds. The summed E-state index contributed by atoms with van der Waals surface area (Å²) in [5, 5.41) is 22.6. The standard InChI is InChI=1S/C47H50O9/c1-50-47(39-20-21-40(37-18-19-37)38(27-39)25-36-17-22-41-42(26-36)52-24-23-51-41)45(55-30-35-15-9-4-10-16-35)43(53-28-33-11-5-2-6-12-33)44(46(31-48,32-49)56-47)54-29-34-13-7-3-8-14-34/h2-17,20-22,26-27,37,43-45,48-49H,18-19,23-25,28-32H2,1H3/t43-,44-,45+,47?/m0/s1. The van der Waals surface area contributed by atoms with Gasteiger partial charge in [-0.15, -0.1) is 0 Å². The Balaban J connectivity index is 1.24. The van der Waals surface area contributed by atoms with Gasteiger partial charge in [-0.05, 0) is 76.8 Å². The van der Waals surface area contributed by atoms with Crippen LogP contribution in [0.25, 0.3) is 0 Å². The number of benzene rings is 5. The summed E-state index contributed by atoms with van der Waals surface area (Å²) in [5.41, 5.74) is 5.30. The van der Waals surface area contributed by atoms with Gasteiger partial charge >= 0.3 is 0 Å². The van der Waals surface area contributed by atoms with Crippen molar-refractivity contribution < 1.29 is 43.4 Å². The second kappa shape index (κ2) is 17.3. The molecule has 2 aliphatic heterocycles. The van der Waals surface area contributed by atoms with Crippen molar-refractivity contribution in [2.24, 2.45) is 0 Å². The zero-order chi connectivity index (χ0) is 38.4. The maximum atomic E-state index is 11.3. The number of ether oxygens (including phenoxy) is 7. The molecule has 1 saturated heterocycles. The van der Waals surface area contributed by atoms with Gasteiger partial charge in [0.2, 0.25) is 5.79 Å². The number of methoxy groups -OCH3 is 1. The first-order valence-corrected chi connectivity index (χ1v) is 19.5. The Morgan fingerprint density at radius 2 is 1.18 bits per heavy atom. The summed E-state index contributed by atoms with van der Waals surface area (Å²) in [7, 11) is 1.58. The molecular weight excluding hydrogens is 709 g/mol. The van der Waals surface area contributed by atoms with Gasteiger partial charge in [0.25, 0.3) is 0 Å². The van der Waals surface area contributed by atoms with Crippen LogP contribution in [0.4, 0.5) is 0 Å².